The zero-order valence-corrected chi connectivity index (χ0v) is 66.1. The van der Waals surface area contributed by atoms with Crippen LogP contribution >= 0.6 is 0 Å². The number of hydrogen-bond donors (Lipinski definition) is 0. The number of aromatic nitrogens is 4. The molecule has 2 aliphatic carbocycles. The summed E-state index contributed by atoms with van der Waals surface area (Å²) in [6, 6.07) is 74.9. The maximum atomic E-state index is 8.47. The summed E-state index contributed by atoms with van der Waals surface area (Å²) in [6.45, 7) is 32.2. The molecule has 0 bridgehead atoms. The summed E-state index contributed by atoms with van der Waals surface area (Å²) in [5.74, 6) is 2.19. The molecular formula is C101H112N4+4. The van der Waals surface area contributed by atoms with E-state index in [-0.39, 0.29) is 11.0 Å². The van der Waals surface area contributed by atoms with Gasteiger partial charge in [-0.3, -0.25) is 0 Å². The molecule has 0 atom stereocenters. The van der Waals surface area contributed by atoms with E-state index >= 15 is 0 Å². The Labute approximate surface area is 636 Å². The van der Waals surface area contributed by atoms with Gasteiger partial charge in [-0.2, -0.15) is 13.7 Å². The molecule has 0 spiro atoms. The lowest BCUT2D eigenvalue weighted by atomic mass is 9.81. The number of aryl methyl sites for hydroxylation is 8. The van der Waals surface area contributed by atoms with Gasteiger partial charge < -0.3 is 0 Å². The number of pyridine rings is 4. The van der Waals surface area contributed by atoms with Gasteiger partial charge in [-0.1, -0.05) is 209 Å². The quantitative estimate of drug-likeness (QED) is 0.128. The first-order chi connectivity index (χ1) is 52.5. The van der Waals surface area contributed by atoms with Gasteiger partial charge in [0.2, 0.25) is 22.8 Å². The van der Waals surface area contributed by atoms with Crippen LogP contribution in [0.2, 0.25) is 0 Å². The fourth-order valence-corrected chi connectivity index (χ4v) is 16.8. The molecule has 0 N–H and O–H groups in total. The van der Waals surface area contributed by atoms with Crippen molar-refractivity contribution in [3.8, 4) is 56.2 Å². The van der Waals surface area contributed by atoms with E-state index in [1.54, 1.807) is 17.7 Å². The SMILES string of the molecule is Cc1cc2c(cc1-c1c3ccc(C(C)C)cc3cc(C)[n+]1C)C(C)(C)c1ccccc1-2.Cc1cc2ccccc2cc1-c1c2ccc(C(C)C)cc2cc(C)[n+]1C.Cc1ccccc1-c1c2ccc(C3CCCC3)cc2cc(C)[n+]1C.[2H]c1cc2cc(C(C)C)ccc2c(-c2cc(C([2H])([2H])[2H])cc(C([2H])([2H])C)c2C)[n+]1C. The molecule has 105 heavy (non-hydrogen) atoms. The van der Waals surface area contributed by atoms with Crippen molar-refractivity contribution in [3.05, 3.63) is 296 Å². The average Bonchev–Trinajstić information content (AvgIpc) is 1.71. The molecule has 4 nitrogen and oxygen atoms in total. The van der Waals surface area contributed by atoms with E-state index in [9.17, 15) is 0 Å². The zero-order valence-electron chi connectivity index (χ0n) is 72.1. The van der Waals surface area contributed by atoms with Crippen LogP contribution in [0.25, 0.3) is 110 Å². The molecule has 2 aliphatic rings. The third-order valence-electron chi connectivity index (χ3n) is 23.4. The summed E-state index contributed by atoms with van der Waals surface area (Å²) in [4.78, 5) is 0. The predicted molar refractivity (Wildman–Crippen MR) is 448 cm³/mol. The zero-order chi connectivity index (χ0) is 79.8. The lowest BCUT2D eigenvalue weighted by Gasteiger charge is -2.22. The Kier molecular flexibility index (Phi) is 18.8. The molecule has 0 aliphatic heterocycles. The van der Waals surface area contributed by atoms with Crippen molar-refractivity contribution in [2.24, 2.45) is 28.2 Å². The van der Waals surface area contributed by atoms with E-state index < -0.39 is 13.2 Å². The Morgan fingerprint density at radius 3 is 1.42 bits per heavy atom. The van der Waals surface area contributed by atoms with E-state index in [2.05, 4.69) is 314 Å². The Balaban J connectivity index is 0.000000130. The molecule has 0 unspecified atom stereocenters. The molecule has 14 aromatic rings. The smallest absolute Gasteiger partial charge is 0.200 e. The van der Waals surface area contributed by atoms with Crippen LogP contribution in [0.1, 0.15) is 204 Å². The van der Waals surface area contributed by atoms with Gasteiger partial charge in [-0.05, 0) is 236 Å². The molecule has 1 saturated carbocycles. The summed E-state index contributed by atoms with van der Waals surface area (Å²) in [7, 11) is 8.35. The molecule has 16 rings (SSSR count). The van der Waals surface area contributed by atoms with Crippen LogP contribution in [0, 0.1) is 55.3 Å². The Morgan fingerprint density at radius 2 is 0.876 bits per heavy atom. The summed E-state index contributed by atoms with van der Waals surface area (Å²) in [6.07, 6.45) is 4.10. The molecule has 0 radical (unpaired) electrons. The van der Waals surface area contributed by atoms with Crippen LogP contribution in [0.3, 0.4) is 0 Å². The highest BCUT2D eigenvalue weighted by atomic mass is 15.0. The number of rotatable bonds is 9. The fourth-order valence-electron chi connectivity index (χ4n) is 16.8. The molecule has 532 valence electrons. The normalized spacial score (nSPS) is 14.3. The van der Waals surface area contributed by atoms with E-state index in [0.717, 1.165) is 22.4 Å². The summed E-state index contributed by atoms with van der Waals surface area (Å²) >= 11 is 0. The molecular weight excluding hydrogens is 1270 g/mol. The molecule has 0 saturated heterocycles. The Morgan fingerprint density at radius 1 is 0.410 bits per heavy atom. The van der Waals surface area contributed by atoms with Crippen molar-refractivity contribution in [3.63, 3.8) is 0 Å². The van der Waals surface area contributed by atoms with Crippen LogP contribution in [0.5, 0.6) is 0 Å². The van der Waals surface area contributed by atoms with Crippen LogP contribution in [0.15, 0.2) is 212 Å². The van der Waals surface area contributed by atoms with Gasteiger partial charge in [0.25, 0.3) is 0 Å². The van der Waals surface area contributed by atoms with E-state index in [0.29, 0.717) is 40.6 Å². The molecule has 10 aromatic carbocycles. The number of benzene rings is 10. The topological polar surface area (TPSA) is 15.5 Å². The van der Waals surface area contributed by atoms with Crippen LogP contribution in [-0.4, -0.2) is 0 Å². The molecule has 4 aromatic heterocycles. The van der Waals surface area contributed by atoms with Crippen molar-refractivity contribution in [2.75, 3.05) is 0 Å². The third-order valence-corrected chi connectivity index (χ3v) is 23.4. The minimum Gasteiger partial charge on any atom is -0.200 e. The van der Waals surface area contributed by atoms with Crippen molar-refractivity contribution in [1.82, 2.24) is 0 Å². The van der Waals surface area contributed by atoms with Crippen molar-refractivity contribution in [2.45, 2.75) is 179 Å². The summed E-state index contributed by atoms with van der Waals surface area (Å²) in [5.41, 5.74) is 29.5. The van der Waals surface area contributed by atoms with Crippen molar-refractivity contribution >= 4 is 53.9 Å². The van der Waals surface area contributed by atoms with Gasteiger partial charge in [0.05, 0.1) is 38.2 Å². The van der Waals surface area contributed by atoms with Gasteiger partial charge in [0.1, 0.15) is 29.6 Å². The Hall–Kier alpha value is -9.90. The lowest BCUT2D eigenvalue weighted by molar-refractivity contribution is -0.665. The highest BCUT2D eigenvalue weighted by Gasteiger charge is 2.37. The van der Waals surface area contributed by atoms with Gasteiger partial charge >= 0.3 is 0 Å². The predicted octanol–water partition coefficient (Wildman–Crippen LogP) is 24.8. The molecule has 4 heterocycles. The number of fused-ring (bicyclic) bond motifs is 8. The Bertz CT molecular complexity index is 5980. The van der Waals surface area contributed by atoms with E-state index in [1.165, 1.54) is 194 Å². The van der Waals surface area contributed by atoms with E-state index in [1.807, 2.05) is 19.1 Å². The average molecular weight is 1390 g/mol. The van der Waals surface area contributed by atoms with Gasteiger partial charge in [-0.25, -0.2) is 4.57 Å². The molecule has 4 heteroatoms. The second kappa shape index (κ2) is 29.9. The second-order valence-electron chi connectivity index (χ2n) is 31.8. The highest BCUT2D eigenvalue weighted by Crippen LogP contribution is 2.51. The maximum absolute atomic E-state index is 8.47. The number of nitrogens with zero attached hydrogens (tertiary/aromatic N) is 4. The van der Waals surface area contributed by atoms with E-state index in [4.69, 9.17) is 8.22 Å². The first-order valence-corrected chi connectivity index (χ1v) is 38.2. The first-order valence-electron chi connectivity index (χ1n) is 41.2. The molecule has 1 fully saturated rings. The van der Waals surface area contributed by atoms with Gasteiger partial charge in [-0.15, -0.1) is 0 Å². The van der Waals surface area contributed by atoms with Crippen LogP contribution in [0.4, 0.5) is 0 Å². The lowest BCUT2D eigenvalue weighted by Crippen LogP contribution is -2.35. The van der Waals surface area contributed by atoms with Crippen LogP contribution < -0.4 is 18.3 Å². The summed E-state index contributed by atoms with van der Waals surface area (Å²) in [5, 5.41) is 12.5. The summed E-state index contributed by atoms with van der Waals surface area (Å²) < 4.78 is 57.4. The van der Waals surface area contributed by atoms with Crippen molar-refractivity contribution in [1.29, 1.82) is 0 Å². The highest BCUT2D eigenvalue weighted by molar-refractivity contribution is 6.00. The van der Waals surface area contributed by atoms with Gasteiger partial charge in [0.15, 0.2) is 23.3 Å². The minimum atomic E-state index is -2.36. The maximum Gasteiger partial charge on any atom is 0.220 e. The minimum absolute atomic E-state index is 0.0113. The van der Waals surface area contributed by atoms with Crippen molar-refractivity contribution < 1.29 is 26.5 Å². The molecule has 0 amide bonds. The first kappa shape index (κ1) is 65.8. The second-order valence-corrected chi connectivity index (χ2v) is 31.8. The number of hydrogen-bond acceptors (Lipinski definition) is 0. The standard InChI is InChI=1S/C30H32N.C25H26N.C23H26N.C23H28N/c1-18(2)21-12-13-23-22(16-21)15-20(4)31(7)29(23)25-17-28-26(14-19(25)3)24-10-8-9-11-27(24)30(28,5)6;1-16(2)19-10-11-23-22(14-19)13-18(4)26(5)25(23)24-15-21-9-7-6-8-20(21)12-17(24)3;1-16-8-4-7-11-21(16)23-22-13-12-19(18-9-5-6-10-18)15-20(22)14-17(2)24(23)3;1-7-18-12-16(4)13-22(17(18)5)23-21-9-8-19(15(2)3)14-20(21)10-11-24(23)6/h8-18H,1-7H3;6-16H,1-5H3;4,7-8,11-15,18H,5-6,9-10H2,1-3H3;8-15H,7H2,1-6H3/q4*+1/i;;;4D3,7D2,11D. The third kappa shape index (κ3) is 14.2. The van der Waals surface area contributed by atoms with Gasteiger partial charge in [0, 0.05) is 62.9 Å². The van der Waals surface area contributed by atoms with Crippen LogP contribution in [-0.2, 0) is 40.0 Å². The fraction of sp³-hybridized carbons (Fsp3) is 0.307. The monoisotopic (exact) mass is 1390 g/mol. The largest absolute Gasteiger partial charge is 0.220 e.